The fourth-order valence-electron chi connectivity index (χ4n) is 9.27. The largest absolute Gasteiger partial charge is 0.462 e. The van der Waals surface area contributed by atoms with E-state index in [2.05, 4.69) is 69.4 Å². The normalized spacial score (nSPS) is 12.3. The van der Waals surface area contributed by atoms with Crippen molar-refractivity contribution in [1.29, 1.82) is 0 Å². The van der Waals surface area contributed by atoms with Crippen molar-refractivity contribution in [3.05, 3.63) is 48.6 Å². The summed E-state index contributed by atoms with van der Waals surface area (Å²) in [7, 11) is 0. The molecule has 0 aliphatic carbocycles. The van der Waals surface area contributed by atoms with Gasteiger partial charge in [-0.3, -0.25) is 14.4 Å². The summed E-state index contributed by atoms with van der Waals surface area (Å²) in [5.41, 5.74) is 0. The highest BCUT2D eigenvalue weighted by Crippen LogP contribution is 2.17. The number of ether oxygens (including phenoxy) is 3. The maximum atomic E-state index is 12.8. The van der Waals surface area contributed by atoms with E-state index in [1.807, 2.05) is 0 Å². The summed E-state index contributed by atoms with van der Waals surface area (Å²) in [4.78, 5) is 38.0. The predicted molar refractivity (Wildman–Crippen MR) is 312 cm³/mol. The monoisotopic (exact) mass is 1010 g/mol. The van der Waals surface area contributed by atoms with Crippen LogP contribution in [0, 0.1) is 0 Å². The van der Waals surface area contributed by atoms with Gasteiger partial charge in [0.15, 0.2) is 6.10 Å². The minimum Gasteiger partial charge on any atom is -0.462 e. The molecule has 1 atom stereocenters. The average Bonchev–Trinajstić information content (AvgIpc) is 3.38. The first-order valence-corrected chi connectivity index (χ1v) is 31.6. The lowest BCUT2D eigenvalue weighted by atomic mass is 10.0. The van der Waals surface area contributed by atoms with E-state index in [1.54, 1.807) is 0 Å². The van der Waals surface area contributed by atoms with Gasteiger partial charge in [0.1, 0.15) is 13.2 Å². The second-order valence-electron chi connectivity index (χ2n) is 21.3. The minimum atomic E-state index is -0.773. The fourth-order valence-corrected chi connectivity index (χ4v) is 9.27. The Morgan fingerprint density at radius 1 is 0.278 bits per heavy atom. The number of allylic oxidation sites excluding steroid dienone is 8. The van der Waals surface area contributed by atoms with Gasteiger partial charge in [-0.1, -0.05) is 281 Å². The highest BCUT2D eigenvalue weighted by molar-refractivity contribution is 5.71. The van der Waals surface area contributed by atoms with E-state index in [1.165, 1.54) is 218 Å². The standard InChI is InChI=1S/C66H120O6/c1-4-7-10-13-16-18-20-22-24-26-28-30-32-33-35-36-38-40-42-44-46-48-50-53-56-59-65(68)71-62-63(61-70-64(67)58-55-52-15-12-9-6-3)72-66(69)60-57-54-51-49-47-45-43-41-39-37-34-31-29-27-25-23-21-19-17-14-11-8-5-2/h21,23,26-29,34,37,63H,4-20,22,24-25,30-33,35-36,38-62H2,1-3H3/b23-21-,28-26-,29-27-,37-34-. The van der Waals surface area contributed by atoms with Gasteiger partial charge in [-0.25, -0.2) is 0 Å². The fraction of sp³-hybridized carbons (Fsp3) is 0.833. The second kappa shape index (κ2) is 60.9. The Morgan fingerprint density at radius 2 is 0.500 bits per heavy atom. The van der Waals surface area contributed by atoms with Crippen LogP contribution in [0.2, 0.25) is 0 Å². The second-order valence-corrected chi connectivity index (χ2v) is 21.3. The Balaban J connectivity index is 4.09. The van der Waals surface area contributed by atoms with Gasteiger partial charge in [0.05, 0.1) is 0 Å². The topological polar surface area (TPSA) is 78.9 Å². The van der Waals surface area contributed by atoms with E-state index < -0.39 is 6.10 Å². The Morgan fingerprint density at radius 3 is 0.792 bits per heavy atom. The predicted octanol–water partition coefficient (Wildman–Crippen LogP) is 21.4. The molecule has 0 radical (unpaired) electrons. The van der Waals surface area contributed by atoms with Gasteiger partial charge in [0, 0.05) is 19.3 Å². The van der Waals surface area contributed by atoms with E-state index in [-0.39, 0.29) is 31.1 Å². The van der Waals surface area contributed by atoms with Crippen LogP contribution in [-0.4, -0.2) is 37.2 Å². The summed E-state index contributed by atoms with van der Waals surface area (Å²) in [5, 5.41) is 0. The highest BCUT2D eigenvalue weighted by Gasteiger charge is 2.19. The smallest absolute Gasteiger partial charge is 0.306 e. The molecule has 6 nitrogen and oxygen atoms in total. The summed E-state index contributed by atoms with van der Waals surface area (Å²) >= 11 is 0. The lowest BCUT2D eigenvalue weighted by Crippen LogP contribution is -2.30. The molecule has 0 aromatic rings. The maximum Gasteiger partial charge on any atom is 0.306 e. The summed E-state index contributed by atoms with van der Waals surface area (Å²) in [6.07, 6.45) is 75.8. The van der Waals surface area contributed by atoms with Gasteiger partial charge in [-0.15, -0.1) is 0 Å². The number of esters is 3. The lowest BCUT2D eigenvalue weighted by molar-refractivity contribution is -0.167. The molecule has 0 fully saturated rings. The first-order valence-electron chi connectivity index (χ1n) is 31.6. The number of carbonyl (C=O) groups is 3. The minimum absolute atomic E-state index is 0.0737. The van der Waals surface area contributed by atoms with Gasteiger partial charge in [-0.05, 0) is 83.5 Å². The van der Waals surface area contributed by atoms with Gasteiger partial charge in [0.25, 0.3) is 0 Å². The van der Waals surface area contributed by atoms with Gasteiger partial charge < -0.3 is 14.2 Å². The van der Waals surface area contributed by atoms with Crippen LogP contribution in [0.4, 0.5) is 0 Å². The summed E-state index contributed by atoms with van der Waals surface area (Å²) in [6.45, 7) is 6.60. The quantitative estimate of drug-likeness (QED) is 0.0261. The molecule has 0 rings (SSSR count). The van der Waals surface area contributed by atoms with Gasteiger partial charge in [0.2, 0.25) is 0 Å². The van der Waals surface area contributed by atoms with Crippen LogP contribution in [0.15, 0.2) is 48.6 Å². The molecule has 0 aromatic carbocycles. The molecule has 0 N–H and O–H groups in total. The van der Waals surface area contributed by atoms with E-state index in [0.29, 0.717) is 19.3 Å². The first-order chi connectivity index (χ1) is 35.5. The summed E-state index contributed by atoms with van der Waals surface area (Å²) in [5.74, 6) is -0.875. The Labute approximate surface area is 448 Å². The van der Waals surface area contributed by atoms with E-state index in [4.69, 9.17) is 14.2 Å². The SMILES string of the molecule is CCCCCCC/C=C\C/C=C\C/C=C\CCCCCCCCCCC(=O)OC(COC(=O)CCCCCCCC)COC(=O)CCCCCCCCCCCCCCC/C=C\CCCCCCCCCC. The van der Waals surface area contributed by atoms with Crippen molar-refractivity contribution < 1.29 is 28.6 Å². The van der Waals surface area contributed by atoms with Crippen molar-refractivity contribution in [2.75, 3.05) is 13.2 Å². The van der Waals surface area contributed by atoms with E-state index >= 15 is 0 Å². The van der Waals surface area contributed by atoms with Crippen LogP contribution in [0.25, 0.3) is 0 Å². The zero-order valence-electron chi connectivity index (χ0n) is 48.2. The third-order valence-corrected chi connectivity index (χ3v) is 14.1. The number of hydrogen-bond acceptors (Lipinski definition) is 6. The third kappa shape index (κ3) is 58.3. The first kappa shape index (κ1) is 69.4. The lowest BCUT2D eigenvalue weighted by Gasteiger charge is -2.18. The molecule has 0 aromatic heterocycles. The summed E-state index contributed by atoms with van der Waals surface area (Å²) in [6, 6.07) is 0. The molecule has 0 saturated heterocycles. The maximum absolute atomic E-state index is 12.8. The van der Waals surface area contributed by atoms with Crippen molar-refractivity contribution in [3.63, 3.8) is 0 Å². The Kier molecular flexibility index (Phi) is 58.7. The van der Waals surface area contributed by atoms with Crippen LogP contribution >= 0.6 is 0 Å². The molecule has 72 heavy (non-hydrogen) atoms. The number of hydrogen-bond donors (Lipinski definition) is 0. The molecule has 0 saturated carbocycles. The molecular weight excluding hydrogens is 889 g/mol. The molecule has 0 heterocycles. The van der Waals surface area contributed by atoms with Gasteiger partial charge in [-0.2, -0.15) is 0 Å². The van der Waals surface area contributed by atoms with Gasteiger partial charge >= 0.3 is 17.9 Å². The average molecular weight is 1010 g/mol. The molecule has 0 aliphatic rings. The number of unbranched alkanes of at least 4 members (excludes halogenated alkanes) is 39. The molecule has 0 aliphatic heterocycles. The van der Waals surface area contributed by atoms with Crippen molar-refractivity contribution >= 4 is 17.9 Å². The molecule has 0 spiro atoms. The van der Waals surface area contributed by atoms with Crippen molar-refractivity contribution in [3.8, 4) is 0 Å². The van der Waals surface area contributed by atoms with Crippen LogP contribution in [0.1, 0.15) is 335 Å². The summed E-state index contributed by atoms with van der Waals surface area (Å²) < 4.78 is 16.8. The molecule has 6 heteroatoms. The zero-order valence-corrected chi connectivity index (χ0v) is 48.2. The van der Waals surface area contributed by atoms with Crippen molar-refractivity contribution in [1.82, 2.24) is 0 Å². The highest BCUT2D eigenvalue weighted by atomic mass is 16.6. The zero-order chi connectivity index (χ0) is 52.2. The van der Waals surface area contributed by atoms with E-state index in [0.717, 1.165) is 77.0 Å². The van der Waals surface area contributed by atoms with Crippen LogP contribution in [0.3, 0.4) is 0 Å². The molecule has 0 bridgehead atoms. The van der Waals surface area contributed by atoms with Crippen molar-refractivity contribution in [2.24, 2.45) is 0 Å². The van der Waals surface area contributed by atoms with Crippen LogP contribution in [0.5, 0.6) is 0 Å². The Hall–Kier alpha value is -2.63. The van der Waals surface area contributed by atoms with Crippen molar-refractivity contribution in [2.45, 2.75) is 341 Å². The molecular formula is C66H120O6. The van der Waals surface area contributed by atoms with E-state index in [9.17, 15) is 14.4 Å². The molecule has 1 unspecified atom stereocenters. The van der Waals surface area contributed by atoms with Crippen LogP contribution in [-0.2, 0) is 28.6 Å². The number of carbonyl (C=O) groups excluding carboxylic acids is 3. The third-order valence-electron chi connectivity index (χ3n) is 14.1. The molecule has 0 amide bonds. The Bertz CT molecular complexity index is 1250. The van der Waals surface area contributed by atoms with Crippen LogP contribution < -0.4 is 0 Å². The molecule has 420 valence electrons. The number of rotatable bonds is 58.